The summed E-state index contributed by atoms with van der Waals surface area (Å²) in [6.45, 7) is 3.69. The van der Waals surface area contributed by atoms with E-state index in [2.05, 4.69) is 10.2 Å². The fourth-order valence-electron chi connectivity index (χ4n) is 2.17. The second kappa shape index (κ2) is 5.88. The summed E-state index contributed by atoms with van der Waals surface area (Å²) in [7, 11) is -3.81. The zero-order valence-corrected chi connectivity index (χ0v) is 13.4. The van der Waals surface area contributed by atoms with Gasteiger partial charge < -0.3 is 8.83 Å². The van der Waals surface area contributed by atoms with Crippen LogP contribution < -0.4 is 4.31 Å². The number of hydrogen-bond donors (Lipinski definition) is 0. The van der Waals surface area contributed by atoms with Crippen LogP contribution in [0.3, 0.4) is 0 Å². The molecular formula is C15H15N3O4S. The minimum atomic E-state index is -3.81. The maximum Gasteiger partial charge on any atom is 0.297 e. The van der Waals surface area contributed by atoms with Crippen molar-refractivity contribution in [2.24, 2.45) is 0 Å². The Morgan fingerprint density at radius 2 is 1.91 bits per heavy atom. The standard InChI is InChI=1S/C15H15N3O4S/c1-3-18(13-7-5-4-6-8-13)23(19,20)14-9-12(10-21-14)15-17-16-11(2)22-15/h4-10H,3H2,1-2H3. The van der Waals surface area contributed by atoms with E-state index in [-0.39, 0.29) is 17.5 Å². The van der Waals surface area contributed by atoms with Crippen LogP contribution in [0, 0.1) is 6.92 Å². The van der Waals surface area contributed by atoms with Gasteiger partial charge in [-0.05, 0) is 19.1 Å². The number of para-hydroxylation sites is 1. The van der Waals surface area contributed by atoms with Crippen molar-refractivity contribution in [2.45, 2.75) is 18.9 Å². The van der Waals surface area contributed by atoms with Crippen LogP contribution in [0.4, 0.5) is 5.69 Å². The van der Waals surface area contributed by atoms with Gasteiger partial charge in [0.2, 0.25) is 11.0 Å². The predicted molar refractivity (Wildman–Crippen MR) is 83.4 cm³/mol. The summed E-state index contributed by atoms with van der Waals surface area (Å²) in [6.07, 6.45) is 1.29. The molecule has 0 aliphatic carbocycles. The lowest BCUT2D eigenvalue weighted by atomic mass is 10.3. The Balaban J connectivity index is 1.98. The molecule has 7 nitrogen and oxygen atoms in total. The van der Waals surface area contributed by atoms with Crippen molar-refractivity contribution in [3.8, 4) is 11.5 Å². The second-order valence-corrected chi connectivity index (χ2v) is 6.58. The number of aryl methyl sites for hydroxylation is 1. The molecular weight excluding hydrogens is 318 g/mol. The highest BCUT2D eigenvalue weighted by Crippen LogP contribution is 2.28. The first kappa shape index (κ1) is 15.3. The molecule has 0 aliphatic heterocycles. The summed E-state index contributed by atoms with van der Waals surface area (Å²) in [5.41, 5.74) is 0.995. The Morgan fingerprint density at radius 1 is 1.17 bits per heavy atom. The van der Waals surface area contributed by atoms with Gasteiger partial charge in [0.15, 0.2) is 0 Å². The van der Waals surface area contributed by atoms with Gasteiger partial charge in [0.1, 0.15) is 6.26 Å². The Bertz CT molecular complexity index is 900. The van der Waals surface area contributed by atoms with Gasteiger partial charge in [0.05, 0.1) is 11.3 Å². The molecule has 0 radical (unpaired) electrons. The minimum absolute atomic E-state index is 0.172. The van der Waals surface area contributed by atoms with Gasteiger partial charge in [0.25, 0.3) is 15.9 Å². The number of nitrogens with zero attached hydrogens (tertiary/aromatic N) is 3. The van der Waals surface area contributed by atoms with Crippen LogP contribution in [-0.2, 0) is 10.0 Å². The third-order valence-corrected chi connectivity index (χ3v) is 5.00. The van der Waals surface area contributed by atoms with Gasteiger partial charge in [-0.15, -0.1) is 10.2 Å². The maximum absolute atomic E-state index is 12.8. The van der Waals surface area contributed by atoms with Crippen LogP contribution in [0.1, 0.15) is 12.8 Å². The second-order valence-electron chi connectivity index (χ2n) is 4.79. The molecule has 23 heavy (non-hydrogen) atoms. The summed E-state index contributed by atoms with van der Waals surface area (Å²) >= 11 is 0. The first-order chi connectivity index (χ1) is 11.0. The van der Waals surface area contributed by atoms with Crippen molar-refractivity contribution in [3.63, 3.8) is 0 Å². The SMILES string of the molecule is CCN(c1ccccc1)S(=O)(=O)c1cc(-c2nnc(C)o2)co1. The molecule has 0 N–H and O–H groups in total. The molecule has 0 saturated heterocycles. The smallest absolute Gasteiger partial charge is 0.297 e. The summed E-state index contributed by atoms with van der Waals surface area (Å²) in [5, 5.41) is 7.39. The van der Waals surface area contributed by atoms with Crippen LogP contribution >= 0.6 is 0 Å². The van der Waals surface area contributed by atoms with Gasteiger partial charge in [-0.1, -0.05) is 18.2 Å². The number of hydrogen-bond acceptors (Lipinski definition) is 6. The molecule has 1 aromatic carbocycles. The van der Waals surface area contributed by atoms with Crippen LogP contribution in [-0.4, -0.2) is 25.2 Å². The van der Waals surface area contributed by atoms with E-state index < -0.39 is 10.0 Å². The molecule has 120 valence electrons. The fourth-order valence-corrected chi connectivity index (χ4v) is 3.57. The van der Waals surface area contributed by atoms with Crippen molar-refractivity contribution < 1.29 is 17.3 Å². The highest BCUT2D eigenvalue weighted by molar-refractivity contribution is 7.92. The van der Waals surface area contributed by atoms with Crippen molar-refractivity contribution >= 4 is 15.7 Å². The fraction of sp³-hybridized carbons (Fsp3) is 0.200. The number of furan rings is 1. The molecule has 0 fully saturated rings. The number of anilines is 1. The number of sulfonamides is 1. The normalized spacial score (nSPS) is 11.6. The third-order valence-electron chi connectivity index (χ3n) is 3.22. The van der Waals surface area contributed by atoms with E-state index in [0.29, 0.717) is 17.1 Å². The van der Waals surface area contributed by atoms with Crippen LogP contribution in [0.5, 0.6) is 0 Å². The van der Waals surface area contributed by atoms with Crippen LogP contribution in [0.15, 0.2) is 56.6 Å². The predicted octanol–water partition coefficient (Wildman–Crippen LogP) is 2.85. The Hall–Kier alpha value is -2.61. The number of benzene rings is 1. The molecule has 0 amide bonds. The van der Waals surface area contributed by atoms with Gasteiger partial charge >= 0.3 is 0 Å². The summed E-state index contributed by atoms with van der Waals surface area (Å²) < 4.78 is 37.3. The molecule has 0 bridgehead atoms. The van der Waals surface area contributed by atoms with Gasteiger partial charge in [-0.25, -0.2) is 0 Å². The minimum Gasteiger partial charge on any atom is -0.450 e. The summed E-state index contributed by atoms with van der Waals surface area (Å²) in [5.74, 6) is 0.612. The summed E-state index contributed by atoms with van der Waals surface area (Å²) in [6, 6.07) is 10.2. The lowest BCUT2D eigenvalue weighted by Crippen LogP contribution is -2.30. The van der Waals surface area contributed by atoms with E-state index in [1.54, 1.807) is 38.1 Å². The van der Waals surface area contributed by atoms with E-state index in [0.717, 1.165) is 0 Å². The monoisotopic (exact) mass is 333 g/mol. The van der Waals surface area contributed by atoms with Crippen molar-refractivity contribution in [1.29, 1.82) is 0 Å². The third kappa shape index (κ3) is 2.85. The van der Waals surface area contributed by atoms with Gasteiger partial charge in [-0.2, -0.15) is 8.42 Å². The molecule has 2 heterocycles. The first-order valence-corrected chi connectivity index (χ1v) is 8.43. The highest BCUT2D eigenvalue weighted by atomic mass is 32.2. The number of aromatic nitrogens is 2. The van der Waals surface area contributed by atoms with Crippen molar-refractivity contribution in [2.75, 3.05) is 10.8 Å². The highest BCUT2D eigenvalue weighted by Gasteiger charge is 2.28. The molecule has 2 aromatic heterocycles. The molecule has 0 atom stereocenters. The molecule has 0 aliphatic rings. The van der Waals surface area contributed by atoms with Crippen molar-refractivity contribution in [3.05, 3.63) is 48.6 Å². The average molecular weight is 333 g/mol. The van der Waals surface area contributed by atoms with Crippen LogP contribution in [0.2, 0.25) is 0 Å². The average Bonchev–Trinajstić information content (AvgIpc) is 3.18. The molecule has 0 unspecified atom stereocenters. The molecule has 0 saturated carbocycles. The largest absolute Gasteiger partial charge is 0.450 e. The van der Waals surface area contributed by atoms with Crippen molar-refractivity contribution in [1.82, 2.24) is 10.2 Å². The quantitative estimate of drug-likeness (QED) is 0.713. The zero-order valence-electron chi connectivity index (χ0n) is 12.6. The summed E-state index contributed by atoms with van der Waals surface area (Å²) in [4.78, 5) is 0. The first-order valence-electron chi connectivity index (χ1n) is 6.99. The lowest BCUT2D eigenvalue weighted by molar-refractivity contribution is 0.448. The van der Waals surface area contributed by atoms with Crippen LogP contribution in [0.25, 0.3) is 11.5 Å². The molecule has 3 aromatic rings. The topological polar surface area (TPSA) is 89.4 Å². The molecule has 3 rings (SSSR count). The molecule has 8 heteroatoms. The van der Waals surface area contributed by atoms with E-state index >= 15 is 0 Å². The van der Waals surface area contributed by atoms with E-state index in [4.69, 9.17) is 8.83 Å². The Morgan fingerprint density at radius 3 is 2.52 bits per heavy atom. The lowest BCUT2D eigenvalue weighted by Gasteiger charge is -2.21. The van der Waals surface area contributed by atoms with Gasteiger partial charge in [-0.3, -0.25) is 4.31 Å². The van der Waals surface area contributed by atoms with E-state index in [9.17, 15) is 8.42 Å². The Kier molecular flexibility index (Phi) is 3.91. The zero-order chi connectivity index (χ0) is 16.4. The van der Waals surface area contributed by atoms with E-state index in [1.807, 2.05) is 6.07 Å². The maximum atomic E-state index is 12.8. The molecule has 0 spiro atoms. The number of rotatable bonds is 5. The van der Waals surface area contributed by atoms with Gasteiger partial charge in [0, 0.05) is 19.5 Å². The Labute approximate surface area is 133 Å². The van der Waals surface area contributed by atoms with E-state index in [1.165, 1.54) is 16.6 Å².